The van der Waals surface area contributed by atoms with Gasteiger partial charge in [0, 0.05) is 30.1 Å². The molecule has 260 valence electrons. The maximum Gasteiger partial charge on any atom is 0.187 e. The monoisotopic (exact) mass is 650 g/mol. The number of rotatable bonds is 8. The Hall–Kier alpha value is -1.54. The van der Waals surface area contributed by atoms with Crippen LogP contribution in [0.25, 0.3) is 0 Å². The molecule has 46 heavy (non-hydrogen) atoms. The smallest absolute Gasteiger partial charge is 0.187 e. The van der Waals surface area contributed by atoms with Gasteiger partial charge in [-0.15, -0.1) is 6.58 Å². The van der Waals surface area contributed by atoms with Crippen LogP contribution < -0.4 is 0 Å². The summed E-state index contributed by atoms with van der Waals surface area (Å²) >= 11 is 0. The lowest BCUT2D eigenvalue weighted by Crippen LogP contribution is -2.64. The van der Waals surface area contributed by atoms with Crippen molar-refractivity contribution in [2.24, 2.45) is 39.9 Å². The molecule has 0 amide bonds. The first-order chi connectivity index (χ1) is 21.2. The summed E-state index contributed by atoms with van der Waals surface area (Å²) in [4.78, 5) is 27.7. The third-order valence-electron chi connectivity index (χ3n) is 13.1. The number of hydrogen-bond donors (Lipinski definition) is 7. The molecule has 7 N–H and O–H groups in total. The molecule has 11 nitrogen and oxygen atoms in total. The molecule has 0 spiro atoms. The Labute approximate surface area is 271 Å². The van der Waals surface area contributed by atoms with Gasteiger partial charge >= 0.3 is 0 Å². The standard InChI is InChI=1S/C35H54O11/c1-16(2)8-9-24(39)35(7,44)26-19-13-20(37)25-17-12-22(45-31-29(42)28(41)27(40)23(15-36)46-31)30(43)32(3,4)18(17)10-11-33(25,5)34(19,6)14-21(26)38/h10,17,19,21-23,25-31,36,38,40-44H,1,8-9,11-15H2,2-7H3/t17-,19-,21-,22+,23-,25+,26-,27-,28+,29-,30-,31-,33-,34-,35+/m1/s1. The molecule has 1 aliphatic heterocycles. The Morgan fingerprint density at radius 1 is 1.07 bits per heavy atom. The van der Waals surface area contributed by atoms with E-state index in [2.05, 4.69) is 26.5 Å². The lowest BCUT2D eigenvalue weighted by atomic mass is 9.41. The topological polar surface area (TPSA) is 194 Å². The molecule has 3 saturated carbocycles. The van der Waals surface area contributed by atoms with E-state index in [1.165, 1.54) is 6.92 Å². The number of ketones is 2. The van der Waals surface area contributed by atoms with Crippen molar-refractivity contribution in [2.45, 2.75) is 135 Å². The van der Waals surface area contributed by atoms with Crippen molar-refractivity contribution < 1.29 is 54.8 Å². The quantitative estimate of drug-likeness (QED) is 0.187. The van der Waals surface area contributed by atoms with Gasteiger partial charge in [-0.3, -0.25) is 9.59 Å². The second-order valence-electron chi connectivity index (χ2n) is 16.2. The molecule has 0 aromatic heterocycles. The van der Waals surface area contributed by atoms with E-state index in [1.54, 1.807) is 0 Å². The number of carbonyl (C=O) groups is 2. The van der Waals surface area contributed by atoms with Crippen LogP contribution in [0.2, 0.25) is 0 Å². The lowest BCUT2D eigenvalue weighted by Gasteiger charge is -2.63. The third-order valence-corrected chi connectivity index (χ3v) is 13.1. The Morgan fingerprint density at radius 2 is 1.72 bits per heavy atom. The molecule has 5 aliphatic rings. The molecule has 4 fully saturated rings. The Morgan fingerprint density at radius 3 is 2.33 bits per heavy atom. The number of aliphatic hydroxyl groups excluding tert-OH is 6. The minimum Gasteiger partial charge on any atom is -0.394 e. The number of Topliss-reactive ketones (excluding diaryl/α,β-unsaturated/α-hetero) is 2. The van der Waals surface area contributed by atoms with E-state index in [0.717, 1.165) is 11.1 Å². The lowest BCUT2D eigenvalue weighted by molar-refractivity contribution is -0.323. The second-order valence-corrected chi connectivity index (χ2v) is 16.2. The van der Waals surface area contributed by atoms with E-state index in [4.69, 9.17) is 9.47 Å². The van der Waals surface area contributed by atoms with E-state index < -0.39 is 95.2 Å². The van der Waals surface area contributed by atoms with Gasteiger partial charge in [-0.25, -0.2) is 0 Å². The number of aliphatic hydroxyl groups is 7. The zero-order chi connectivity index (χ0) is 34.3. The fourth-order valence-electron chi connectivity index (χ4n) is 10.2. The average Bonchev–Trinajstić information content (AvgIpc) is 3.25. The SMILES string of the molecule is C=C(C)CCC(=O)[C@](C)(O)[C@H]1[C@H](O)C[C@]2(C)[C@@H]1CC(=O)[C@@H]1[C@@H]3C[C@H](O[C@@H]4O[C@H](CO)[C@@H](O)[C@H](O)[C@H]4O)[C@@H](O)C(C)(C)C3=CC[C@]12C. The van der Waals surface area contributed by atoms with E-state index in [9.17, 15) is 45.3 Å². The summed E-state index contributed by atoms with van der Waals surface area (Å²) < 4.78 is 11.7. The number of ether oxygens (including phenoxy) is 2. The molecule has 0 radical (unpaired) electrons. The summed E-state index contributed by atoms with van der Waals surface area (Å²) in [6.07, 6.45) is -6.64. The van der Waals surface area contributed by atoms with Gasteiger partial charge in [0.05, 0.1) is 24.9 Å². The summed E-state index contributed by atoms with van der Waals surface area (Å²) in [6, 6.07) is 0. The first-order valence-corrected chi connectivity index (χ1v) is 16.7. The zero-order valence-electron chi connectivity index (χ0n) is 27.9. The molecule has 11 heteroatoms. The fourth-order valence-corrected chi connectivity index (χ4v) is 10.2. The predicted octanol–water partition coefficient (Wildman–Crippen LogP) is 1.18. The molecular formula is C35H54O11. The van der Waals surface area contributed by atoms with Gasteiger partial charge in [0.15, 0.2) is 12.1 Å². The summed E-state index contributed by atoms with van der Waals surface area (Å²) in [5.41, 5.74) is -2.16. The first kappa shape index (κ1) is 35.8. The molecule has 0 aromatic rings. The number of fused-ring (bicyclic) bond motifs is 5. The van der Waals surface area contributed by atoms with Crippen molar-refractivity contribution in [1.29, 1.82) is 0 Å². The highest BCUT2D eigenvalue weighted by Gasteiger charge is 2.71. The Balaban J connectivity index is 1.46. The van der Waals surface area contributed by atoms with Crippen molar-refractivity contribution in [2.75, 3.05) is 6.61 Å². The zero-order valence-corrected chi connectivity index (χ0v) is 27.9. The van der Waals surface area contributed by atoms with Gasteiger partial charge in [0.2, 0.25) is 0 Å². The molecule has 0 bridgehead atoms. The summed E-state index contributed by atoms with van der Waals surface area (Å²) in [7, 11) is 0. The van der Waals surface area contributed by atoms with Crippen LogP contribution in [-0.4, -0.2) is 109 Å². The summed E-state index contributed by atoms with van der Waals surface area (Å²) in [6.45, 7) is 14.4. The predicted molar refractivity (Wildman–Crippen MR) is 166 cm³/mol. The molecule has 4 aliphatic carbocycles. The van der Waals surface area contributed by atoms with Crippen LogP contribution in [0.3, 0.4) is 0 Å². The third kappa shape index (κ3) is 5.29. The van der Waals surface area contributed by atoms with Crippen LogP contribution in [0.15, 0.2) is 23.8 Å². The van der Waals surface area contributed by atoms with E-state index in [-0.39, 0.29) is 36.7 Å². The average molecular weight is 651 g/mol. The van der Waals surface area contributed by atoms with Crippen molar-refractivity contribution in [3.8, 4) is 0 Å². The van der Waals surface area contributed by atoms with Crippen LogP contribution in [0.5, 0.6) is 0 Å². The summed E-state index contributed by atoms with van der Waals surface area (Å²) in [5.74, 6) is -2.50. The van der Waals surface area contributed by atoms with Crippen molar-refractivity contribution in [3.63, 3.8) is 0 Å². The van der Waals surface area contributed by atoms with E-state index in [1.807, 2.05) is 20.8 Å². The van der Waals surface area contributed by atoms with E-state index in [0.29, 0.717) is 19.3 Å². The number of hydrogen-bond acceptors (Lipinski definition) is 11. The first-order valence-electron chi connectivity index (χ1n) is 16.7. The number of carbonyl (C=O) groups excluding carboxylic acids is 2. The Bertz CT molecular complexity index is 1260. The molecule has 0 unspecified atom stereocenters. The minimum absolute atomic E-state index is 0.0244. The van der Waals surface area contributed by atoms with Gasteiger partial charge in [-0.2, -0.15) is 0 Å². The molecule has 1 heterocycles. The maximum atomic E-state index is 14.4. The molecule has 5 rings (SSSR count). The van der Waals surface area contributed by atoms with Gasteiger partial charge in [0.25, 0.3) is 0 Å². The van der Waals surface area contributed by atoms with Crippen molar-refractivity contribution in [1.82, 2.24) is 0 Å². The van der Waals surface area contributed by atoms with Gasteiger partial charge in [-0.1, -0.05) is 44.9 Å². The number of allylic oxidation sites excluding steroid dienone is 2. The minimum atomic E-state index is -1.82. The van der Waals surface area contributed by atoms with E-state index >= 15 is 0 Å². The Kier molecular flexibility index (Phi) is 9.41. The largest absolute Gasteiger partial charge is 0.394 e. The van der Waals surface area contributed by atoms with Crippen LogP contribution in [-0.2, 0) is 19.1 Å². The van der Waals surface area contributed by atoms with Gasteiger partial charge < -0.3 is 45.2 Å². The normalized spacial score (nSPS) is 48.0. The van der Waals surface area contributed by atoms with Crippen molar-refractivity contribution in [3.05, 3.63) is 23.8 Å². The van der Waals surface area contributed by atoms with Crippen molar-refractivity contribution >= 4 is 11.6 Å². The highest BCUT2D eigenvalue weighted by atomic mass is 16.7. The fraction of sp³-hybridized carbons (Fsp3) is 0.829. The second kappa shape index (κ2) is 12.1. The molecular weight excluding hydrogens is 596 g/mol. The highest BCUT2D eigenvalue weighted by molar-refractivity contribution is 5.88. The molecule has 1 saturated heterocycles. The molecule has 0 aromatic carbocycles. The molecule has 15 atom stereocenters. The summed E-state index contributed by atoms with van der Waals surface area (Å²) in [5, 5.41) is 75.6. The van der Waals surface area contributed by atoms with Crippen LogP contribution >= 0.6 is 0 Å². The van der Waals surface area contributed by atoms with Crippen LogP contribution in [0.1, 0.15) is 80.1 Å². The maximum absolute atomic E-state index is 14.4. The van der Waals surface area contributed by atoms with Crippen LogP contribution in [0.4, 0.5) is 0 Å². The highest BCUT2D eigenvalue weighted by Crippen LogP contribution is 2.71. The van der Waals surface area contributed by atoms with Gasteiger partial charge in [0.1, 0.15) is 35.8 Å². The van der Waals surface area contributed by atoms with Crippen LogP contribution in [0, 0.1) is 39.9 Å². The van der Waals surface area contributed by atoms with Gasteiger partial charge in [-0.05, 0) is 62.2 Å².